The van der Waals surface area contributed by atoms with Crippen molar-refractivity contribution in [2.75, 3.05) is 0 Å². The second-order valence-electron chi connectivity index (χ2n) is 8.75. The van der Waals surface area contributed by atoms with E-state index in [1.54, 1.807) is 0 Å². The van der Waals surface area contributed by atoms with Gasteiger partial charge in [0.15, 0.2) is 0 Å². The van der Waals surface area contributed by atoms with Crippen molar-refractivity contribution >= 4 is 6.16 Å². The quantitative estimate of drug-likeness (QED) is 0.491. The number of rotatable bonds is 4. The molecule has 0 heterocycles. The zero-order chi connectivity index (χ0) is 17.8. The first-order valence-corrected chi connectivity index (χ1v) is 8.38. The summed E-state index contributed by atoms with van der Waals surface area (Å²) in [4.78, 5) is 11.7. The lowest BCUT2D eigenvalue weighted by Crippen LogP contribution is -2.26. The average Bonchev–Trinajstić information content (AvgIpc) is 2.33. The van der Waals surface area contributed by atoms with Crippen molar-refractivity contribution in [1.82, 2.24) is 0 Å². The van der Waals surface area contributed by atoms with Crippen LogP contribution in [0.5, 0.6) is 5.75 Å². The fourth-order valence-corrected chi connectivity index (χ4v) is 2.55. The third-order valence-corrected chi connectivity index (χ3v) is 3.54. The van der Waals surface area contributed by atoms with Gasteiger partial charge in [0.05, 0.1) is 0 Å². The standard InChI is InChI=1S/C20H32O3/c1-14(2)17(13-19(3,4)5)15-9-11-16(12-10-15)22-18(21)23-20(6,7)8/h9-12,14,17H,13H2,1-8H3. The van der Waals surface area contributed by atoms with Gasteiger partial charge in [-0.1, -0.05) is 46.8 Å². The molecule has 1 rings (SSSR count). The van der Waals surface area contributed by atoms with Gasteiger partial charge >= 0.3 is 6.16 Å². The van der Waals surface area contributed by atoms with E-state index >= 15 is 0 Å². The zero-order valence-electron chi connectivity index (χ0n) is 15.9. The van der Waals surface area contributed by atoms with Crippen LogP contribution in [0.2, 0.25) is 0 Å². The van der Waals surface area contributed by atoms with Gasteiger partial charge in [0.2, 0.25) is 0 Å². The van der Waals surface area contributed by atoms with Crippen LogP contribution in [-0.4, -0.2) is 11.8 Å². The fourth-order valence-electron chi connectivity index (χ4n) is 2.55. The van der Waals surface area contributed by atoms with Gasteiger partial charge in [-0.3, -0.25) is 0 Å². The molecule has 1 unspecified atom stereocenters. The number of hydrogen-bond acceptors (Lipinski definition) is 3. The Hall–Kier alpha value is -1.51. The molecule has 3 heteroatoms. The fraction of sp³-hybridized carbons (Fsp3) is 0.650. The monoisotopic (exact) mass is 320 g/mol. The molecule has 1 aromatic rings. The first-order chi connectivity index (χ1) is 10.4. The summed E-state index contributed by atoms with van der Waals surface area (Å²) in [7, 11) is 0. The second-order valence-corrected chi connectivity index (χ2v) is 8.75. The molecule has 0 aliphatic carbocycles. The Labute approximate surface area is 141 Å². The van der Waals surface area contributed by atoms with E-state index in [9.17, 15) is 4.79 Å². The molecule has 1 aromatic carbocycles. The molecule has 0 aliphatic heterocycles. The maximum atomic E-state index is 11.7. The summed E-state index contributed by atoms with van der Waals surface area (Å²) in [5.74, 6) is 1.57. The summed E-state index contributed by atoms with van der Waals surface area (Å²) in [5, 5.41) is 0. The van der Waals surface area contributed by atoms with E-state index in [0.29, 0.717) is 17.6 Å². The molecule has 0 saturated heterocycles. The zero-order valence-corrected chi connectivity index (χ0v) is 15.9. The van der Waals surface area contributed by atoms with Crippen LogP contribution < -0.4 is 4.74 Å². The molecule has 130 valence electrons. The maximum Gasteiger partial charge on any atom is 0.514 e. The summed E-state index contributed by atoms with van der Waals surface area (Å²) in [5.41, 5.74) is 1.01. The van der Waals surface area contributed by atoms with Gasteiger partial charge in [-0.15, -0.1) is 0 Å². The molecular formula is C20H32O3. The summed E-state index contributed by atoms with van der Waals surface area (Å²) in [6.45, 7) is 16.8. The minimum atomic E-state index is -0.666. The highest BCUT2D eigenvalue weighted by Crippen LogP contribution is 2.36. The van der Waals surface area contributed by atoms with E-state index in [-0.39, 0.29) is 5.41 Å². The molecule has 0 aromatic heterocycles. The highest BCUT2D eigenvalue weighted by Gasteiger charge is 2.23. The smallest absolute Gasteiger partial charge is 0.428 e. The topological polar surface area (TPSA) is 35.5 Å². The van der Waals surface area contributed by atoms with Gasteiger partial charge in [-0.05, 0) is 62.1 Å². The van der Waals surface area contributed by atoms with E-state index in [2.05, 4.69) is 46.8 Å². The van der Waals surface area contributed by atoms with E-state index in [0.717, 1.165) is 6.42 Å². The molecule has 0 spiro atoms. The van der Waals surface area contributed by atoms with Crippen LogP contribution in [0.4, 0.5) is 4.79 Å². The van der Waals surface area contributed by atoms with Crippen LogP contribution in [0.1, 0.15) is 73.3 Å². The normalized spacial score (nSPS) is 13.8. The number of ether oxygens (including phenoxy) is 2. The van der Waals surface area contributed by atoms with E-state index in [1.807, 2.05) is 32.9 Å². The lowest BCUT2D eigenvalue weighted by atomic mass is 9.76. The van der Waals surface area contributed by atoms with E-state index < -0.39 is 11.8 Å². The second kappa shape index (κ2) is 7.37. The van der Waals surface area contributed by atoms with Crippen molar-refractivity contribution in [3.8, 4) is 5.75 Å². The largest absolute Gasteiger partial charge is 0.514 e. The van der Waals surface area contributed by atoms with Crippen LogP contribution in [0.3, 0.4) is 0 Å². The van der Waals surface area contributed by atoms with Crippen LogP contribution in [0.15, 0.2) is 24.3 Å². The summed E-state index contributed by atoms with van der Waals surface area (Å²) in [6.07, 6.45) is 0.456. The van der Waals surface area contributed by atoms with Crippen molar-refractivity contribution in [2.45, 2.75) is 73.3 Å². The number of carbonyl (C=O) groups is 1. The molecule has 0 aliphatic rings. The minimum absolute atomic E-state index is 0.278. The summed E-state index contributed by atoms with van der Waals surface area (Å²) >= 11 is 0. The van der Waals surface area contributed by atoms with Gasteiger partial charge in [0.25, 0.3) is 0 Å². The molecular weight excluding hydrogens is 288 g/mol. The molecule has 0 radical (unpaired) electrons. The number of hydrogen-bond donors (Lipinski definition) is 0. The molecule has 0 amide bonds. The van der Waals surface area contributed by atoms with Crippen molar-refractivity contribution in [2.24, 2.45) is 11.3 Å². The Balaban J connectivity index is 2.80. The Bertz CT molecular complexity index is 501. The lowest BCUT2D eigenvalue weighted by molar-refractivity contribution is 0.0206. The molecule has 0 fully saturated rings. The van der Waals surface area contributed by atoms with Gasteiger partial charge in [0, 0.05) is 0 Å². The van der Waals surface area contributed by atoms with E-state index in [1.165, 1.54) is 5.56 Å². The average molecular weight is 320 g/mol. The van der Waals surface area contributed by atoms with Crippen LogP contribution in [-0.2, 0) is 4.74 Å². The first kappa shape index (κ1) is 19.5. The Morgan fingerprint density at radius 1 is 1.00 bits per heavy atom. The van der Waals surface area contributed by atoms with Crippen molar-refractivity contribution in [3.63, 3.8) is 0 Å². The molecule has 0 N–H and O–H groups in total. The predicted molar refractivity (Wildman–Crippen MR) is 95.0 cm³/mol. The Morgan fingerprint density at radius 3 is 1.91 bits per heavy atom. The first-order valence-electron chi connectivity index (χ1n) is 8.38. The molecule has 0 saturated carbocycles. The third kappa shape index (κ3) is 7.54. The number of carbonyl (C=O) groups excluding carboxylic acids is 1. The SMILES string of the molecule is CC(C)C(CC(C)(C)C)c1ccc(OC(=O)OC(C)(C)C)cc1. The van der Waals surface area contributed by atoms with Gasteiger partial charge in [-0.25, -0.2) is 4.79 Å². The summed E-state index contributed by atoms with van der Waals surface area (Å²) < 4.78 is 10.4. The van der Waals surface area contributed by atoms with E-state index in [4.69, 9.17) is 9.47 Å². The van der Waals surface area contributed by atoms with Gasteiger partial charge in [-0.2, -0.15) is 0 Å². The van der Waals surface area contributed by atoms with Crippen LogP contribution in [0.25, 0.3) is 0 Å². The molecule has 3 nitrogen and oxygen atoms in total. The predicted octanol–water partition coefficient (Wildman–Crippen LogP) is 6.18. The molecule has 23 heavy (non-hydrogen) atoms. The van der Waals surface area contributed by atoms with Gasteiger partial charge in [0.1, 0.15) is 11.4 Å². The third-order valence-electron chi connectivity index (χ3n) is 3.54. The van der Waals surface area contributed by atoms with Gasteiger partial charge < -0.3 is 9.47 Å². The van der Waals surface area contributed by atoms with Crippen molar-refractivity contribution in [1.29, 1.82) is 0 Å². The number of benzene rings is 1. The molecule has 0 bridgehead atoms. The van der Waals surface area contributed by atoms with Crippen molar-refractivity contribution < 1.29 is 14.3 Å². The maximum absolute atomic E-state index is 11.7. The van der Waals surface area contributed by atoms with Crippen LogP contribution in [0, 0.1) is 11.3 Å². The Kier molecular flexibility index (Phi) is 6.26. The molecule has 1 atom stereocenters. The van der Waals surface area contributed by atoms with Crippen molar-refractivity contribution in [3.05, 3.63) is 29.8 Å². The minimum Gasteiger partial charge on any atom is -0.428 e. The highest BCUT2D eigenvalue weighted by atomic mass is 16.7. The highest BCUT2D eigenvalue weighted by molar-refractivity contribution is 5.64. The van der Waals surface area contributed by atoms with Crippen LogP contribution >= 0.6 is 0 Å². The lowest BCUT2D eigenvalue weighted by Gasteiger charge is -2.29. The summed E-state index contributed by atoms with van der Waals surface area (Å²) in [6, 6.07) is 7.79. The Morgan fingerprint density at radius 2 is 1.52 bits per heavy atom.